The van der Waals surface area contributed by atoms with Gasteiger partial charge in [-0.3, -0.25) is 4.57 Å². The van der Waals surface area contributed by atoms with Crippen LogP contribution in [-0.2, 0) is 18.3 Å². The molecule has 0 amide bonds. The molecule has 0 aromatic carbocycles. The molecular weight excluding hydrogens is 253 g/mol. The summed E-state index contributed by atoms with van der Waals surface area (Å²) >= 11 is 0. The molecule has 1 fully saturated rings. The van der Waals surface area contributed by atoms with Crippen LogP contribution in [0.1, 0.15) is 34.5 Å². The zero-order chi connectivity index (χ0) is 13.8. The summed E-state index contributed by atoms with van der Waals surface area (Å²) in [5.74, 6) is 0. The first-order valence-corrected chi connectivity index (χ1v) is 7.23. The Kier molecular flexibility index (Phi) is 4.91. The van der Waals surface area contributed by atoms with Crippen LogP contribution in [0.3, 0.4) is 0 Å². The second-order valence-electron chi connectivity index (χ2n) is 3.71. The zero-order valence-corrected chi connectivity index (χ0v) is 10.9. The van der Waals surface area contributed by atoms with Crippen molar-refractivity contribution in [1.82, 2.24) is 0 Å². The highest BCUT2D eigenvalue weighted by Gasteiger charge is 2.54. The molecule has 0 N–H and O–H groups in total. The molecule has 2 atom stereocenters. The van der Waals surface area contributed by atoms with Crippen molar-refractivity contribution in [3.8, 4) is 0 Å². The van der Waals surface area contributed by atoms with Crippen molar-refractivity contribution in [3.05, 3.63) is 0 Å². The summed E-state index contributed by atoms with van der Waals surface area (Å²) in [6, 6.07) is 0. The van der Waals surface area contributed by atoms with Gasteiger partial charge in [0.25, 0.3) is 0 Å². The Labute approximate surface area is 102 Å². The molecular formula is C10H19F2O4P. The smallest absolute Gasteiger partial charge is 0.378 e. The normalized spacial score (nSPS) is 27.2. The molecule has 1 heterocycles. The van der Waals surface area contributed by atoms with E-state index < -0.39 is 32.4 Å². The van der Waals surface area contributed by atoms with Gasteiger partial charge in [-0.1, -0.05) is 0 Å². The van der Waals surface area contributed by atoms with Crippen molar-refractivity contribution < 1.29 is 28.5 Å². The van der Waals surface area contributed by atoms with Gasteiger partial charge in [0.2, 0.25) is 0 Å². The molecule has 4 nitrogen and oxygen atoms in total. The molecule has 0 aliphatic carbocycles. The maximum Gasteiger partial charge on any atom is 0.399 e. The van der Waals surface area contributed by atoms with Gasteiger partial charge in [0.1, 0.15) is 0 Å². The average Bonchev–Trinajstić information content (AvgIpc) is 2.63. The summed E-state index contributed by atoms with van der Waals surface area (Å²) in [4.78, 5) is 0. The van der Waals surface area contributed by atoms with E-state index in [9.17, 15) is 13.3 Å². The second-order valence-corrected chi connectivity index (χ2v) is 5.87. The van der Waals surface area contributed by atoms with Gasteiger partial charge in [-0.25, -0.2) is 0 Å². The largest absolute Gasteiger partial charge is 0.399 e. The molecule has 1 aliphatic heterocycles. The van der Waals surface area contributed by atoms with Gasteiger partial charge in [-0.2, -0.15) is 8.78 Å². The quantitative estimate of drug-likeness (QED) is 0.667. The molecule has 0 radical (unpaired) electrons. The minimum absolute atomic E-state index is 0.112. The fraction of sp³-hybridized carbons (Fsp3) is 1.00. The van der Waals surface area contributed by atoms with Crippen LogP contribution >= 0.6 is 7.60 Å². The van der Waals surface area contributed by atoms with Crippen LogP contribution in [-0.4, -0.2) is 31.6 Å². The van der Waals surface area contributed by atoms with Crippen LogP contribution in [0, 0.1) is 0 Å². The molecule has 1 saturated heterocycles. The minimum atomic E-state index is -4.47. The number of rotatable bonds is 7. The topological polar surface area (TPSA) is 44.8 Å². The van der Waals surface area contributed by atoms with E-state index in [2.05, 4.69) is 9.05 Å². The lowest BCUT2D eigenvalue weighted by Crippen LogP contribution is -2.26. The van der Waals surface area contributed by atoms with Gasteiger partial charge in [0.15, 0.2) is 0 Å². The number of ether oxygens (including phenoxy) is 1. The van der Waals surface area contributed by atoms with E-state index in [1.807, 2.05) is 0 Å². The highest BCUT2D eigenvalue weighted by atomic mass is 31.2. The SMILES string of the molecule is [3H][C@H]1CC[C@@H](CC(F)(F)P(=O)(OCC)OCC)O1. The molecule has 0 saturated carbocycles. The predicted octanol–water partition coefficient (Wildman–Crippen LogP) is 3.41. The van der Waals surface area contributed by atoms with Crippen LogP contribution in [0.15, 0.2) is 0 Å². The lowest BCUT2D eigenvalue weighted by atomic mass is 10.2. The summed E-state index contributed by atoms with van der Waals surface area (Å²) in [5, 5.41) is 0. The van der Waals surface area contributed by atoms with Crippen LogP contribution in [0.25, 0.3) is 0 Å². The molecule has 0 spiro atoms. The Morgan fingerprint density at radius 3 is 2.47 bits per heavy atom. The lowest BCUT2D eigenvalue weighted by Gasteiger charge is -2.27. The van der Waals surface area contributed by atoms with Crippen molar-refractivity contribution >= 4 is 7.60 Å². The molecule has 17 heavy (non-hydrogen) atoms. The van der Waals surface area contributed by atoms with E-state index in [1.54, 1.807) is 0 Å². The zero-order valence-electron chi connectivity index (χ0n) is 11.0. The molecule has 1 aliphatic rings. The monoisotopic (exact) mass is 274 g/mol. The first-order chi connectivity index (χ1) is 8.34. The van der Waals surface area contributed by atoms with E-state index in [1.165, 1.54) is 13.8 Å². The summed E-state index contributed by atoms with van der Waals surface area (Å²) in [6.45, 7) is 1.96. The van der Waals surface area contributed by atoms with Crippen molar-refractivity contribution in [2.75, 3.05) is 19.8 Å². The number of alkyl halides is 2. The third-order valence-corrected chi connectivity index (χ3v) is 4.55. The average molecular weight is 274 g/mol. The Morgan fingerprint density at radius 1 is 1.47 bits per heavy atom. The van der Waals surface area contributed by atoms with Crippen molar-refractivity contribution in [2.24, 2.45) is 0 Å². The Balaban J connectivity index is 2.72. The van der Waals surface area contributed by atoms with Crippen LogP contribution in [0.4, 0.5) is 8.78 Å². The van der Waals surface area contributed by atoms with Crippen molar-refractivity contribution in [2.45, 2.75) is 44.9 Å². The van der Waals surface area contributed by atoms with E-state index in [0.717, 1.165) is 0 Å². The Hall–Kier alpha value is -0.0300. The van der Waals surface area contributed by atoms with Gasteiger partial charge in [0, 0.05) is 13.0 Å². The number of hydrogen-bond acceptors (Lipinski definition) is 4. The standard InChI is InChI=1S/C10H19F2O4P/c1-3-15-17(13,16-4-2)10(11,12)8-9-6-5-7-14-9/h9H,3-8H2,1-2H3/t9-/m0/s1/i7T/t7-,9-. The van der Waals surface area contributed by atoms with Gasteiger partial charge < -0.3 is 13.8 Å². The first-order valence-electron chi connectivity index (χ1n) is 6.27. The van der Waals surface area contributed by atoms with Crippen LogP contribution in [0.5, 0.6) is 0 Å². The van der Waals surface area contributed by atoms with Gasteiger partial charge >= 0.3 is 13.3 Å². The highest BCUT2D eigenvalue weighted by Crippen LogP contribution is 2.63. The van der Waals surface area contributed by atoms with Gasteiger partial charge in [-0.05, 0) is 26.7 Å². The summed E-state index contributed by atoms with van der Waals surface area (Å²) in [6.07, 6.45) is -0.729. The van der Waals surface area contributed by atoms with Crippen molar-refractivity contribution in [3.63, 3.8) is 0 Å². The van der Waals surface area contributed by atoms with E-state index in [4.69, 9.17) is 6.11 Å². The van der Waals surface area contributed by atoms with Crippen LogP contribution in [0.2, 0.25) is 0 Å². The Morgan fingerprint density at radius 2 is 2.06 bits per heavy atom. The van der Waals surface area contributed by atoms with Crippen LogP contribution < -0.4 is 0 Å². The third kappa shape index (κ3) is 3.71. The first kappa shape index (κ1) is 13.4. The van der Waals surface area contributed by atoms with E-state index >= 15 is 0 Å². The second kappa shape index (κ2) is 6.23. The molecule has 1 rings (SSSR count). The van der Waals surface area contributed by atoms with E-state index in [0.29, 0.717) is 12.8 Å². The number of hydrogen-bond donors (Lipinski definition) is 0. The summed E-state index contributed by atoms with van der Waals surface area (Å²) in [5.41, 5.74) is -3.59. The molecule has 102 valence electrons. The molecule has 0 aromatic rings. The predicted molar refractivity (Wildman–Crippen MR) is 59.4 cm³/mol. The molecule has 0 bridgehead atoms. The van der Waals surface area contributed by atoms with E-state index in [-0.39, 0.29) is 13.2 Å². The number of halogens is 2. The van der Waals surface area contributed by atoms with Gasteiger partial charge in [-0.15, -0.1) is 0 Å². The molecule has 0 unspecified atom stereocenters. The molecule has 7 heteroatoms. The maximum absolute atomic E-state index is 14.0. The lowest BCUT2D eigenvalue weighted by molar-refractivity contribution is -0.0147. The Bertz CT molecular complexity index is 306. The fourth-order valence-electron chi connectivity index (χ4n) is 1.63. The third-order valence-electron chi connectivity index (χ3n) is 2.37. The maximum atomic E-state index is 14.0. The molecule has 0 aromatic heterocycles. The fourth-order valence-corrected chi connectivity index (χ4v) is 3.19. The summed E-state index contributed by atoms with van der Waals surface area (Å²) < 4.78 is 61.5. The van der Waals surface area contributed by atoms with Gasteiger partial charge in [0.05, 0.1) is 20.7 Å². The summed E-state index contributed by atoms with van der Waals surface area (Å²) in [7, 11) is -4.47. The highest BCUT2D eigenvalue weighted by molar-refractivity contribution is 7.55. The van der Waals surface area contributed by atoms with Crippen molar-refractivity contribution in [1.29, 1.82) is 0 Å². The minimum Gasteiger partial charge on any atom is -0.378 e.